The van der Waals surface area contributed by atoms with E-state index >= 15 is 0 Å². The topological polar surface area (TPSA) is 96.4 Å². The Bertz CT molecular complexity index is 1350. The van der Waals surface area contributed by atoms with Crippen molar-refractivity contribution >= 4 is 35.5 Å². The number of fused-ring (bicyclic) bond motifs is 1. The van der Waals surface area contributed by atoms with Gasteiger partial charge in [-0.2, -0.15) is 13.2 Å². The molecular formula is C26H25F4N4O5+. The third-order valence-electron chi connectivity index (χ3n) is 6.40. The lowest BCUT2D eigenvalue weighted by atomic mass is 10.0. The average molecular weight is 550 g/mol. The van der Waals surface area contributed by atoms with Gasteiger partial charge in [-0.15, -0.1) is 0 Å². The number of rotatable bonds is 5. The maximum atomic E-state index is 14.8. The quantitative estimate of drug-likeness (QED) is 0.421. The first kappa shape index (κ1) is 27.9. The zero-order valence-corrected chi connectivity index (χ0v) is 21.1. The summed E-state index contributed by atoms with van der Waals surface area (Å²) in [6.07, 6.45) is -4.61. The Kier molecular flexibility index (Phi) is 7.55. The Balaban J connectivity index is 1.64. The summed E-state index contributed by atoms with van der Waals surface area (Å²) in [6, 6.07) is 8.92. The second-order valence-corrected chi connectivity index (χ2v) is 9.45. The van der Waals surface area contributed by atoms with Crippen LogP contribution in [-0.2, 0) is 21.0 Å². The number of carbonyl (C=O) groups is 4. The SMILES string of the molecule is CC(C)C(=O)N1CCN(C(=O)c2cc(C[N+]3(OC(=O)C(F)(F)F)N=CC(=O)c4ccccc43)ccc2F)CC1. The molecule has 1 unspecified atom stereocenters. The third-order valence-corrected chi connectivity index (χ3v) is 6.40. The molecule has 4 rings (SSSR count). The Labute approximate surface area is 220 Å². The number of para-hydroxylation sites is 1. The molecule has 0 radical (unpaired) electrons. The molecule has 2 amide bonds. The van der Waals surface area contributed by atoms with E-state index in [1.54, 1.807) is 18.7 Å². The Morgan fingerprint density at radius 2 is 1.67 bits per heavy atom. The zero-order chi connectivity index (χ0) is 28.5. The molecule has 9 nitrogen and oxygen atoms in total. The van der Waals surface area contributed by atoms with Crippen LogP contribution in [0.3, 0.4) is 0 Å². The number of hydrogen-bond donors (Lipinski definition) is 0. The summed E-state index contributed by atoms with van der Waals surface area (Å²) < 4.78 is 52.9. The lowest BCUT2D eigenvalue weighted by molar-refractivity contribution is -0.237. The molecule has 2 aromatic rings. The molecular weight excluding hydrogens is 524 g/mol. The summed E-state index contributed by atoms with van der Waals surface area (Å²) >= 11 is 0. The third kappa shape index (κ3) is 5.67. The van der Waals surface area contributed by atoms with Crippen LogP contribution in [-0.4, -0.2) is 71.9 Å². The molecule has 2 aromatic carbocycles. The van der Waals surface area contributed by atoms with Crippen molar-refractivity contribution in [1.82, 2.24) is 14.6 Å². The van der Waals surface area contributed by atoms with E-state index in [2.05, 4.69) is 5.10 Å². The first-order chi connectivity index (χ1) is 18.3. The normalized spacial score (nSPS) is 19.2. The summed E-state index contributed by atoms with van der Waals surface area (Å²) in [6.45, 7) is 3.85. The number of hydroxylamine groups is 1. The fraction of sp³-hybridized carbons (Fsp3) is 0.346. The van der Waals surface area contributed by atoms with Crippen LogP contribution < -0.4 is 4.76 Å². The van der Waals surface area contributed by atoms with Gasteiger partial charge in [0.15, 0.2) is 6.54 Å². The van der Waals surface area contributed by atoms with Crippen molar-refractivity contribution in [2.24, 2.45) is 11.0 Å². The van der Waals surface area contributed by atoms with Gasteiger partial charge in [0.05, 0.1) is 11.1 Å². The molecule has 2 heterocycles. The van der Waals surface area contributed by atoms with Crippen LogP contribution in [0.4, 0.5) is 23.2 Å². The number of alkyl halides is 3. The smallest absolute Gasteiger partial charge is 0.339 e. The second kappa shape index (κ2) is 10.6. The molecule has 206 valence electrons. The molecule has 0 saturated carbocycles. The number of Topliss-reactive ketones (excluding diaryl/α,β-unsaturated/α-hetero) is 1. The summed E-state index contributed by atoms with van der Waals surface area (Å²) in [4.78, 5) is 57.5. The van der Waals surface area contributed by atoms with E-state index in [9.17, 15) is 36.7 Å². The summed E-state index contributed by atoms with van der Waals surface area (Å²) in [7, 11) is 0. The number of piperazine rings is 1. The number of nitrogens with zero attached hydrogens (tertiary/aromatic N) is 4. The number of halogens is 4. The van der Waals surface area contributed by atoms with Gasteiger partial charge in [-0.05, 0) is 23.3 Å². The van der Waals surface area contributed by atoms with Crippen LogP contribution in [0.25, 0.3) is 0 Å². The number of amides is 2. The minimum atomic E-state index is -5.36. The van der Waals surface area contributed by atoms with Crippen molar-refractivity contribution in [3.05, 3.63) is 65.0 Å². The van der Waals surface area contributed by atoms with Crippen molar-refractivity contribution in [3.63, 3.8) is 0 Å². The maximum absolute atomic E-state index is 14.8. The monoisotopic (exact) mass is 549 g/mol. The van der Waals surface area contributed by atoms with Gasteiger partial charge in [0.2, 0.25) is 17.4 Å². The van der Waals surface area contributed by atoms with E-state index in [0.29, 0.717) is 0 Å². The minimum Gasteiger partial charge on any atom is -0.339 e. The molecule has 0 aromatic heterocycles. The van der Waals surface area contributed by atoms with E-state index in [4.69, 9.17) is 4.84 Å². The van der Waals surface area contributed by atoms with Crippen LogP contribution >= 0.6 is 0 Å². The summed E-state index contributed by atoms with van der Waals surface area (Å²) in [5.41, 5.74) is -0.396. The molecule has 1 saturated heterocycles. The highest BCUT2D eigenvalue weighted by molar-refractivity contribution is 6.37. The van der Waals surface area contributed by atoms with Crippen LogP contribution in [0, 0.1) is 11.7 Å². The molecule has 0 spiro atoms. The molecule has 39 heavy (non-hydrogen) atoms. The number of carbonyl (C=O) groups excluding carboxylic acids is 4. The van der Waals surface area contributed by atoms with Crippen LogP contribution in [0.5, 0.6) is 0 Å². The highest BCUT2D eigenvalue weighted by Crippen LogP contribution is 2.36. The van der Waals surface area contributed by atoms with Crippen molar-refractivity contribution in [2.75, 3.05) is 26.2 Å². The van der Waals surface area contributed by atoms with Gasteiger partial charge in [-0.25, -0.2) is 14.0 Å². The van der Waals surface area contributed by atoms with Crippen molar-refractivity contribution in [1.29, 1.82) is 0 Å². The molecule has 1 fully saturated rings. The van der Waals surface area contributed by atoms with Gasteiger partial charge in [0, 0.05) is 48.5 Å². The Morgan fingerprint density at radius 1 is 1.03 bits per heavy atom. The van der Waals surface area contributed by atoms with Gasteiger partial charge in [-0.1, -0.05) is 32.0 Å². The zero-order valence-electron chi connectivity index (χ0n) is 21.1. The highest BCUT2D eigenvalue weighted by Gasteiger charge is 2.51. The summed E-state index contributed by atoms with van der Waals surface area (Å²) in [5.74, 6) is -4.94. The standard InChI is InChI=1S/C26H25F4N4O5/c1-16(2)23(36)32-9-11-33(12-10-32)24(37)19-13-17(7-8-20(19)27)15-34(39-25(38)26(28,29)30)21-6-4-3-5-18(21)22(35)14-31-34/h3-8,13-14,16H,9-12,15H2,1-2H3/q+1. The maximum Gasteiger partial charge on any atom is 0.497 e. The molecule has 0 N–H and O–H groups in total. The van der Waals surface area contributed by atoms with E-state index in [1.807, 2.05) is 0 Å². The van der Waals surface area contributed by atoms with Gasteiger partial charge in [0.1, 0.15) is 12.0 Å². The van der Waals surface area contributed by atoms with Gasteiger partial charge < -0.3 is 9.80 Å². The highest BCUT2D eigenvalue weighted by atomic mass is 19.4. The number of ketones is 1. The lowest BCUT2D eigenvalue weighted by Gasteiger charge is -2.35. The molecule has 0 aliphatic carbocycles. The van der Waals surface area contributed by atoms with Crippen LogP contribution in [0.15, 0.2) is 47.6 Å². The Hall–Kier alpha value is -4.13. The number of benzene rings is 2. The predicted molar refractivity (Wildman–Crippen MR) is 131 cm³/mol. The van der Waals surface area contributed by atoms with E-state index in [1.165, 1.54) is 35.2 Å². The first-order valence-corrected chi connectivity index (χ1v) is 12.1. The average Bonchev–Trinajstić information content (AvgIpc) is 2.90. The van der Waals surface area contributed by atoms with Crippen molar-refractivity contribution < 1.29 is 41.6 Å². The van der Waals surface area contributed by atoms with Gasteiger partial charge >= 0.3 is 12.1 Å². The van der Waals surface area contributed by atoms with E-state index < -0.39 is 41.0 Å². The molecule has 13 heteroatoms. The molecule has 1 atom stereocenters. The van der Waals surface area contributed by atoms with Crippen molar-refractivity contribution in [2.45, 2.75) is 26.6 Å². The van der Waals surface area contributed by atoms with Crippen LogP contribution in [0.1, 0.15) is 40.1 Å². The number of quaternary nitrogens is 1. The fourth-order valence-electron chi connectivity index (χ4n) is 4.43. The number of hydrogen-bond acceptors (Lipinski definition) is 6. The molecule has 2 aliphatic heterocycles. The van der Waals surface area contributed by atoms with Gasteiger partial charge in [0.25, 0.3) is 5.91 Å². The summed E-state index contributed by atoms with van der Waals surface area (Å²) in [5, 5.41) is 3.85. The Morgan fingerprint density at radius 3 is 2.31 bits per heavy atom. The predicted octanol–water partition coefficient (Wildman–Crippen LogP) is 3.48. The van der Waals surface area contributed by atoms with Crippen molar-refractivity contribution in [3.8, 4) is 0 Å². The molecule has 0 bridgehead atoms. The largest absolute Gasteiger partial charge is 0.497 e. The molecule has 2 aliphatic rings. The first-order valence-electron chi connectivity index (χ1n) is 12.1. The fourth-order valence-corrected chi connectivity index (χ4v) is 4.43. The van der Waals surface area contributed by atoms with Crippen LogP contribution in [0.2, 0.25) is 0 Å². The van der Waals surface area contributed by atoms with E-state index in [-0.39, 0.29) is 60.4 Å². The van der Waals surface area contributed by atoms with E-state index in [0.717, 1.165) is 18.3 Å². The lowest BCUT2D eigenvalue weighted by Crippen LogP contribution is -2.51. The second-order valence-electron chi connectivity index (χ2n) is 9.45. The van der Waals surface area contributed by atoms with Gasteiger partial charge in [-0.3, -0.25) is 14.4 Å². The minimum absolute atomic E-state index is 0.0327.